The zero-order valence-corrected chi connectivity index (χ0v) is 20.9. The summed E-state index contributed by atoms with van der Waals surface area (Å²) in [5.74, 6) is 0.955. The second-order valence-corrected chi connectivity index (χ2v) is 9.34. The molecular weight excluding hydrogens is 472 g/mol. The highest BCUT2D eigenvalue weighted by molar-refractivity contribution is 7.18. The number of anilines is 2. The van der Waals surface area contributed by atoms with Crippen LogP contribution in [-0.4, -0.2) is 32.5 Å². The van der Waals surface area contributed by atoms with Crippen LogP contribution in [0.15, 0.2) is 73.2 Å². The number of nitrogens with two attached hydrogens (primary N) is 1. The Hall–Kier alpha value is -4.50. The van der Waals surface area contributed by atoms with Crippen molar-refractivity contribution < 1.29 is 9.53 Å². The fourth-order valence-corrected chi connectivity index (χ4v) is 5.05. The van der Waals surface area contributed by atoms with E-state index in [1.54, 1.807) is 25.4 Å². The zero-order valence-electron chi connectivity index (χ0n) is 20.1. The number of hydrogen-bond donors (Lipinski definition) is 2. The van der Waals surface area contributed by atoms with Gasteiger partial charge in [-0.25, -0.2) is 15.0 Å². The Balaban J connectivity index is 1.65. The largest absolute Gasteiger partial charge is 0.497 e. The van der Waals surface area contributed by atoms with E-state index in [0.717, 1.165) is 49.1 Å². The van der Waals surface area contributed by atoms with Crippen LogP contribution in [0.5, 0.6) is 5.75 Å². The van der Waals surface area contributed by atoms with Crippen LogP contribution in [0, 0.1) is 0 Å². The Morgan fingerprint density at radius 3 is 2.61 bits per heavy atom. The average molecular weight is 497 g/mol. The van der Waals surface area contributed by atoms with Crippen molar-refractivity contribution in [2.45, 2.75) is 6.92 Å². The third kappa shape index (κ3) is 4.09. The van der Waals surface area contributed by atoms with Gasteiger partial charge in [-0.05, 0) is 36.8 Å². The summed E-state index contributed by atoms with van der Waals surface area (Å²) in [5, 5.41) is 4.48. The van der Waals surface area contributed by atoms with Crippen LogP contribution in [-0.2, 0) is 11.8 Å². The number of ether oxygens (including phenoxy) is 1. The second-order valence-electron chi connectivity index (χ2n) is 8.31. The Bertz CT molecular complexity index is 1620. The first-order chi connectivity index (χ1) is 17.4. The molecule has 0 aliphatic heterocycles. The summed E-state index contributed by atoms with van der Waals surface area (Å²) in [6.07, 6.45) is 3.32. The number of nitrogens with one attached hydrogen (secondary N) is 1. The van der Waals surface area contributed by atoms with E-state index in [-0.39, 0.29) is 5.91 Å². The van der Waals surface area contributed by atoms with Gasteiger partial charge >= 0.3 is 0 Å². The van der Waals surface area contributed by atoms with Crippen molar-refractivity contribution in [1.29, 1.82) is 0 Å². The highest BCUT2D eigenvalue weighted by atomic mass is 32.1. The Kier molecular flexibility index (Phi) is 5.99. The van der Waals surface area contributed by atoms with Crippen molar-refractivity contribution in [2.75, 3.05) is 18.2 Å². The third-order valence-electron chi connectivity index (χ3n) is 5.87. The van der Waals surface area contributed by atoms with Crippen molar-refractivity contribution in [2.24, 2.45) is 7.05 Å². The van der Waals surface area contributed by atoms with Gasteiger partial charge in [0.2, 0.25) is 0 Å². The minimum atomic E-state index is -0.217. The number of aryl methyl sites for hydroxylation is 1. The van der Waals surface area contributed by atoms with E-state index in [4.69, 9.17) is 15.5 Å². The molecule has 0 aliphatic rings. The van der Waals surface area contributed by atoms with Crippen molar-refractivity contribution in [3.8, 4) is 38.0 Å². The van der Waals surface area contributed by atoms with Crippen molar-refractivity contribution >= 4 is 39.8 Å². The molecule has 9 heteroatoms. The fraction of sp³-hybridized carbons (Fsp3) is 0.111. The van der Waals surface area contributed by atoms with E-state index >= 15 is 0 Å². The molecule has 0 radical (unpaired) electrons. The van der Waals surface area contributed by atoms with E-state index in [9.17, 15) is 4.79 Å². The molecule has 0 fully saturated rings. The Morgan fingerprint density at radius 1 is 1.11 bits per heavy atom. The van der Waals surface area contributed by atoms with Crippen LogP contribution < -0.4 is 15.8 Å². The number of methoxy groups -OCH3 is 1. The first kappa shape index (κ1) is 23.3. The molecule has 5 aromatic rings. The summed E-state index contributed by atoms with van der Waals surface area (Å²) in [6.45, 7) is 5.36. The van der Waals surface area contributed by atoms with Crippen molar-refractivity contribution in [1.82, 2.24) is 19.5 Å². The summed E-state index contributed by atoms with van der Waals surface area (Å²) in [5.41, 5.74) is 12.0. The smallest absolute Gasteiger partial charge is 0.250 e. The predicted octanol–water partition coefficient (Wildman–Crippen LogP) is 5.53. The van der Waals surface area contributed by atoms with E-state index < -0.39 is 0 Å². The van der Waals surface area contributed by atoms with Gasteiger partial charge in [-0.15, -0.1) is 11.3 Å². The number of carbonyl (C=O) groups excluding carboxylic acids is 1. The minimum absolute atomic E-state index is 0.217. The lowest BCUT2D eigenvalue weighted by Gasteiger charge is -2.09. The van der Waals surface area contributed by atoms with E-state index in [0.29, 0.717) is 17.1 Å². The number of hydrogen-bond acceptors (Lipinski definition) is 7. The second kappa shape index (κ2) is 9.27. The van der Waals surface area contributed by atoms with Crippen LogP contribution in [0.1, 0.15) is 6.92 Å². The quantitative estimate of drug-likeness (QED) is 0.299. The molecule has 3 heterocycles. The fourth-order valence-electron chi connectivity index (χ4n) is 4.08. The van der Waals surface area contributed by atoms with Gasteiger partial charge in [-0.3, -0.25) is 4.79 Å². The van der Waals surface area contributed by atoms with E-state index in [2.05, 4.69) is 21.9 Å². The molecule has 0 bridgehead atoms. The van der Waals surface area contributed by atoms with Crippen LogP contribution in [0.25, 0.3) is 43.3 Å². The Labute approximate surface area is 212 Å². The average Bonchev–Trinajstić information content (AvgIpc) is 3.48. The maximum Gasteiger partial charge on any atom is 0.250 e. The lowest BCUT2D eigenvalue weighted by atomic mass is 10.0. The molecule has 5 rings (SSSR count). The van der Waals surface area contributed by atoms with Gasteiger partial charge in [0.15, 0.2) is 0 Å². The molecule has 0 spiro atoms. The summed E-state index contributed by atoms with van der Waals surface area (Å²) in [7, 11) is 3.60. The molecular formula is C27H24N6O2S. The molecule has 0 saturated carbocycles. The minimum Gasteiger partial charge on any atom is -0.497 e. The van der Waals surface area contributed by atoms with Gasteiger partial charge in [0, 0.05) is 35.6 Å². The summed E-state index contributed by atoms with van der Waals surface area (Å²) in [4.78, 5) is 26.4. The highest BCUT2D eigenvalue weighted by Crippen LogP contribution is 2.45. The summed E-state index contributed by atoms with van der Waals surface area (Å²) < 4.78 is 7.39. The van der Waals surface area contributed by atoms with Gasteiger partial charge < -0.3 is 20.4 Å². The van der Waals surface area contributed by atoms with Crippen LogP contribution in [0.4, 0.5) is 11.5 Å². The number of fused-ring (bicyclic) bond motifs is 1. The zero-order chi connectivity index (χ0) is 25.4. The number of amides is 1. The first-order valence-corrected chi connectivity index (χ1v) is 12.0. The number of thiazole rings is 1. The van der Waals surface area contributed by atoms with Gasteiger partial charge in [-0.1, -0.05) is 30.8 Å². The van der Waals surface area contributed by atoms with Crippen LogP contribution in [0.3, 0.4) is 0 Å². The van der Waals surface area contributed by atoms with Gasteiger partial charge in [0.25, 0.3) is 5.91 Å². The number of benzene rings is 2. The predicted molar refractivity (Wildman–Crippen MR) is 145 cm³/mol. The molecule has 3 aromatic heterocycles. The molecule has 0 aliphatic carbocycles. The molecule has 0 unspecified atom stereocenters. The van der Waals surface area contributed by atoms with Crippen LogP contribution >= 0.6 is 11.3 Å². The van der Waals surface area contributed by atoms with Crippen LogP contribution in [0.2, 0.25) is 0 Å². The number of nitrogen functional groups attached to an aromatic ring is 1. The molecule has 2 aromatic carbocycles. The maximum atomic E-state index is 12.0. The summed E-state index contributed by atoms with van der Waals surface area (Å²) in [6, 6.07) is 15.5. The highest BCUT2D eigenvalue weighted by Gasteiger charge is 2.23. The molecule has 8 nitrogen and oxygen atoms in total. The van der Waals surface area contributed by atoms with E-state index in [1.807, 2.05) is 66.3 Å². The van der Waals surface area contributed by atoms with E-state index in [1.165, 1.54) is 6.33 Å². The third-order valence-corrected chi connectivity index (χ3v) is 6.93. The Morgan fingerprint density at radius 2 is 1.89 bits per heavy atom. The number of nitrogens with zero attached hydrogens (tertiary/aromatic N) is 4. The van der Waals surface area contributed by atoms with Crippen molar-refractivity contribution in [3.05, 3.63) is 73.2 Å². The number of aromatic nitrogens is 4. The van der Waals surface area contributed by atoms with Gasteiger partial charge in [0.05, 0.1) is 23.1 Å². The molecule has 1 amide bonds. The van der Waals surface area contributed by atoms with Gasteiger partial charge in [0.1, 0.15) is 28.5 Å². The monoisotopic (exact) mass is 496 g/mol. The van der Waals surface area contributed by atoms with Crippen molar-refractivity contribution in [3.63, 3.8) is 0 Å². The lowest BCUT2D eigenvalue weighted by molar-refractivity contribution is -0.112. The van der Waals surface area contributed by atoms with Gasteiger partial charge in [-0.2, -0.15) is 0 Å². The molecule has 0 saturated heterocycles. The lowest BCUT2D eigenvalue weighted by Crippen LogP contribution is -2.11. The molecule has 36 heavy (non-hydrogen) atoms. The normalized spacial score (nSPS) is 11.0. The maximum absolute atomic E-state index is 12.0. The molecule has 3 N–H and O–H groups in total. The molecule has 0 atom stereocenters. The SMILES string of the molecule is C=C(C)C(=O)Nc1ccc(-c2c(-c3cnc(-c4cccc(OC)c4)s3)c3c(N)ncnc3n2C)cc1. The standard InChI is InChI=1S/C27H24N6O2S/c1-15(2)26(34)32-18-10-8-16(9-11-18)23-21(22-24(28)30-14-31-25(22)33(23)3)20-13-29-27(36-20)17-6-5-7-19(12-17)35-4/h5-14H,1H2,2-4H3,(H,32,34)(H2,28,30,31). The number of rotatable bonds is 6. The first-order valence-electron chi connectivity index (χ1n) is 11.1. The topological polar surface area (TPSA) is 108 Å². The molecule has 180 valence electrons. The summed E-state index contributed by atoms with van der Waals surface area (Å²) >= 11 is 1.56. The number of carbonyl (C=O) groups is 1.